The molecule has 2 nitrogen and oxygen atoms in total. The largest absolute Gasteiger partial charge is 0.291 e. The number of carbonyl (C=O) groups is 1. The van der Waals surface area contributed by atoms with Gasteiger partial charge in [0.2, 0.25) is 0 Å². The van der Waals surface area contributed by atoms with Crippen LogP contribution in [-0.4, -0.2) is 11.9 Å². The van der Waals surface area contributed by atoms with Crippen LogP contribution < -0.4 is 0 Å². The van der Waals surface area contributed by atoms with Gasteiger partial charge in [0.1, 0.15) is 0 Å². The molecule has 0 aromatic carbocycles. The minimum atomic E-state index is -1.23. The van der Waals surface area contributed by atoms with E-state index in [1.807, 2.05) is 26.8 Å². The van der Waals surface area contributed by atoms with Gasteiger partial charge >= 0.3 is 0 Å². The van der Waals surface area contributed by atoms with E-state index in [0.29, 0.717) is 5.57 Å². The molecule has 1 aliphatic rings. The Morgan fingerprint density at radius 3 is 1.88 bits per heavy atom. The third-order valence-electron chi connectivity index (χ3n) is 2.83. The van der Waals surface area contributed by atoms with Gasteiger partial charge in [-0.3, -0.25) is 4.79 Å². The van der Waals surface area contributed by atoms with Gasteiger partial charge in [-0.2, -0.15) is 0 Å². The van der Waals surface area contributed by atoms with E-state index in [-0.39, 0.29) is 16.6 Å². The average molecular weight is 221 g/mol. The van der Waals surface area contributed by atoms with E-state index in [1.165, 1.54) is 0 Å². The molecule has 1 atom stereocenters. The van der Waals surface area contributed by atoms with Crippen molar-refractivity contribution in [2.75, 3.05) is 0 Å². The number of hydrogen-bond donors (Lipinski definition) is 0. The first kappa shape index (κ1) is 13.2. The number of carbonyl (C=O) groups excluding carboxylic acids is 1. The highest BCUT2D eigenvalue weighted by molar-refractivity contribution is 6.02. The molecule has 0 aliphatic heterocycles. The molecule has 0 saturated heterocycles. The SMILES string of the molecule is CC(C)(C)C1=CC([O])C(=O)C(C(C)(C)C)=C1. The first-order chi connectivity index (χ1) is 7.03. The second-order valence-electron chi connectivity index (χ2n) is 6.46. The average Bonchev–Trinajstić information content (AvgIpc) is 2.05. The zero-order valence-corrected chi connectivity index (χ0v) is 11.0. The van der Waals surface area contributed by atoms with Crippen molar-refractivity contribution in [3.8, 4) is 0 Å². The fourth-order valence-electron chi connectivity index (χ4n) is 1.72. The first-order valence-electron chi connectivity index (χ1n) is 5.68. The van der Waals surface area contributed by atoms with Gasteiger partial charge in [0.15, 0.2) is 11.9 Å². The van der Waals surface area contributed by atoms with E-state index in [2.05, 4.69) is 20.8 Å². The monoisotopic (exact) mass is 221 g/mol. The molecule has 0 bridgehead atoms. The highest BCUT2D eigenvalue weighted by Gasteiger charge is 2.33. The lowest BCUT2D eigenvalue weighted by Crippen LogP contribution is -2.31. The Hall–Kier alpha value is -0.890. The lowest BCUT2D eigenvalue weighted by atomic mass is 9.74. The maximum absolute atomic E-state index is 11.8. The number of ketones is 1. The predicted octanol–water partition coefficient (Wildman–Crippen LogP) is 3.31. The predicted molar refractivity (Wildman–Crippen MR) is 64.6 cm³/mol. The summed E-state index contributed by atoms with van der Waals surface area (Å²) in [5, 5.41) is 11.7. The molecular weight excluding hydrogens is 200 g/mol. The maximum Gasteiger partial charge on any atom is 0.195 e. The molecule has 1 radical (unpaired) electrons. The minimum absolute atomic E-state index is 0.0835. The third-order valence-corrected chi connectivity index (χ3v) is 2.83. The van der Waals surface area contributed by atoms with E-state index in [0.717, 1.165) is 5.57 Å². The Bertz CT molecular complexity index is 359. The lowest BCUT2D eigenvalue weighted by molar-refractivity contribution is -0.125. The summed E-state index contributed by atoms with van der Waals surface area (Å²) in [5.41, 5.74) is 1.28. The van der Waals surface area contributed by atoms with Gasteiger partial charge in [0.05, 0.1) is 0 Å². The van der Waals surface area contributed by atoms with Crippen molar-refractivity contribution >= 4 is 5.78 Å². The van der Waals surface area contributed by atoms with Gasteiger partial charge in [-0.15, -0.1) is 0 Å². The summed E-state index contributed by atoms with van der Waals surface area (Å²) in [4.78, 5) is 11.8. The number of rotatable bonds is 0. The highest BCUT2D eigenvalue weighted by Crippen LogP contribution is 2.36. The molecule has 0 N–H and O–H groups in total. The van der Waals surface area contributed by atoms with E-state index >= 15 is 0 Å². The number of hydrogen-bond acceptors (Lipinski definition) is 1. The standard InChI is InChI=1S/C14H21O2/c1-13(2,3)9-7-10(14(4,5)6)12(16)11(15)8-9/h7-8,11H,1-6H3. The highest BCUT2D eigenvalue weighted by atomic mass is 16.3. The first-order valence-corrected chi connectivity index (χ1v) is 5.68. The summed E-state index contributed by atoms with van der Waals surface area (Å²) >= 11 is 0. The van der Waals surface area contributed by atoms with Crippen molar-refractivity contribution in [1.82, 2.24) is 0 Å². The van der Waals surface area contributed by atoms with Crippen LogP contribution in [0.4, 0.5) is 0 Å². The Balaban J connectivity index is 3.23. The van der Waals surface area contributed by atoms with E-state index in [1.54, 1.807) is 6.08 Å². The van der Waals surface area contributed by atoms with Gasteiger partial charge in [-0.1, -0.05) is 47.6 Å². The minimum Gasteiger partial charge on any atom is -0.291 e. The summed E-state index contributed by atoms with van der Waals surface area (Å²) in [6.07, 6.45) is 2.22. The zero-order chi connectivity index (χ0) is 12.7. The molecule has 0 amide bonds. The van der Waals surface area contributed by atoms with E-state index in [4.69, 9.17) is 0 Å². The van der Waals surface area contributed by atoms with Crippen LogP contribution in [0.5, 0.6) is 0 Å². The molecular formula is C14H21O2. The Labute approximate surface area is 98.1 Å². The summed E-state index contributed by atoms with van der Waals surface area (Å²) in [6.45, 7) is 12.1. The number of Topliss-reactive ketones (excluding diaryl/α,β-unsaturated/α-hetero) is 1. The second kappa shape index (κ2) is 3.85. The van der Waals surface area contributed by atoms with Gasteiger partial charge in [0.25, 0.3) is 0 Å². The summed E-state index contributed by atoms with van der Waals surface area (Å²) < 4.78 is 0. The van der Waals surface area contributed by atoms with Crippen LogP contribution in [-0.2, 0) is 9.90 Å². The molecule has 0 heterocycles. The Kier molecular flexibility index (Phi) is 3.17. The molecule has 0 spiro atoms. The summed E-state index contributed by atoms with van der Waals surface area (Å²) in [7, 11) is 0. The molecule has 0 fully saturated rings. The van der Waals surface area contributed by atoms with Crippen molar-refractivity contribution < 1.29 is 9.90 Å². The van der Waals surface area contributed by atoms with Crippen molar-refractivity contribution in [2.24, 2.45) is 10.8 Å². The number of allylic oxidation sites excluding steroid dienone is 2. The smallest absolute Gasteiger partial charge is 0.195 e. The molecule has 1 aliphatic carbocycles. The van der Waals surface area contributed by atoms with Crippen LogP contribution in [0, 0.1) is 10.8 Å². The van der Waals surface area contributed by atoms with E-state index < -0.39 is 6.10 Å². The second-order valence-corrected chi connectivity index (χ2v) is 6.46. The molecule has 2 heteroatoms. The Morgan fingerprint density at radius 2 is 1.50 bits per heavy atom. The zero-order valence-electron chi connectivity index (χ0n) is 11.0. The maximum atomic E-state index is 11.8. The quantitative estimate of drug-likeness (QED) is 0.618. The molecule has 0 aromatic rings. The van der Waals surface area contributed by atoms with Crippen LogP contribution in [0.1, 0.15) is 41.5 Å². The molecule has 16 heavy (non-hydrogen) atoms. The van der Waals surface area contributed by atoms with Gasteiger partial charge in [-0.05, 0) is 22.5 Å². The van der Waals surface area contributed by atoms with Gasteiger partial charge < -0.3 is 0 Å². The molecule has 0 saturated carbocycles. The lowest BCUT2D eigenvalue weighted by Gasteiger charge is -2.30. The summed E-state index contributed by atoms with van der Waals surface area (Å²) in [6, 6.07) is 0. The van der Waals surface area contributed by atoms with Crippen molar-refractivity contribution in [3.63, 3.8) is 0 Å². The molecule has 89 valence electrons. The van der Waals surface area contributed by atoms with Crippen LogP contribution in [0.15, 0.2) is 23.3 Å². The fraction of sp³-hybridized carbons (Fsp3) is 0.643. The van der Waals surface area contributed by atoms with Crippen molar-refractivity contribution in [3.05, 3.63) is 23.3 Å². The normalized spacial score (nSPS) is 22.9. The van der Waals surface area contributed by atoms with Gasteiger partial charge in [-0.25, -0.2) is 5.11 Å². The summed E-state index contributed by atoms with van der Waals surface area (Å²) in [5.74, 6) is -0.277. The van der Waals surface area contributed by atoms with Crippen LogP contribution >= 0.6 is 0 Å². The van der Waals surface area contributed by atoms with Crippen LogP contribution in [0.25, 0.3) is 0 Å². The molecule has 1 unspecified atom stereocenters. The third kappa shape index (κ3) is 2.62. The molecule has 0 aromatic heterocycles. The van der Waals surface area contributed by atoms with Crippen LogP contribution in [0.2, 0.25) is 0 Å². The van der Waals surface area contributed by atoms with E-state index in [9.17, 15) is 9.90 Å². The fourth-order valence-corrected chi connectivity index (χ4v) is 1.72. The van der Waals surface area contributed by atoms with Crippen molar-refractivity contribution in [1.29, 1.82) is 0 Å². The van der Waals surface area contributed by atoms with Crippen molar-refractivity contribution in [2.45, 2.75) is 47.6 Å². The van der Waals surface area contributed by atoms with Crippen LogP contribution in [0.3, 0.4) is 0 Å². The molecule has 1 rings (SSSR count). The van der Waals surface area contributed by atoms with Gasteiger partial charge in [0, 0.05) is 5.57 Å². The Morgan fingerprint density at radius 1 is 1.00 bits per heavy atom. The topological polar surface area (TPSA) is 37.0 Å².